The largest absolute Gasteiger partial charge is 0.319 e. The molecule has 0 radical (unpaired) electrons. The van der Waals surface area contributed by atoms with Crippen LogP contribution in [0.1, 0.15) is 36.4 Å². The quantitative estimate of drug-likeness (QED) is 0.878. The molecular weight excluding hydrogens is 234 g/mol. The maximum Gasteiger partial charge on any atom is 0.149 e. The molecule has 0 aliphatic rings. The van der Waals surface area contributed by atoms with Gasteiger partial charge in [0, 0.05) is 19.0 Å². The topological polar surface area (TPSA) is 55.6 Å². The minimum atomic E-state index is 0.175. The summed E-state index contributed by atoms with van der Waals surface area (Å²) in [6, 6.07) is 0.175. The van der Waals surface area contributed by atoms with Crippen LogP contribution in [0.3, 0.4) is 0 Å². The average molecular weight is 251 g/mol. The molecule has 0 bridgehead atoms. The summed E-state index contributed by atoms with van der Waals surface area (Å²) in [5.41, 5.74) is 1.10. The Kier molecular flexibility index (Phi) is 3.86. The van der Waals surface area contributed by atoms with Gasteiger partial charge in [-0.15, -0.1) is 21.5 Å². The summed E-state index contributed by atoms with van der Waals surface area (Å²) in [6.07, 6.45) is 2.72. The molecule has 6 heteroatoms. The van der Waals surface area contributed by atoms with Crippen LogP contribution in [-0.2, 0) is 20.0 Å². The third kappa shape index (κ3) is 2.89. The summed E-state index contributed by atoms with van der Waals surface area (Å²) in [7, 11) is 1.95. The Hall–Kier alpha value is -1.27. The van der Waals surface area contributed by atoms with Gasteiger partial charge < -0.3 is 9.88 Å². The number of thiazole rings is 1. The first-order valence-electron chi connectivity index (χ1n) is 5.71. The lowest BCUT2D eigenvalue weighted by atomic mass is 10.3. The van der Waals surface area contributed by atoms with Crippen LogP contribution in [0.25, 0.3) is 0 Å². The Labute approximate surface area is 105 Å². The Morgan fingerprint density at radius 1 is 1.53 bits per heavy atom. The summed E-state index contributed by atoms with van der Waals surface area (Å²) >= 11 is 1.72. The van der Waals surface area contributed by atoms with Crippen molar-refractivity contribution >= 4 is 11.3 Å². The molecule has 5 nitrogen and oxygen atoms in total. The van der Waals surface area contributed by atoms with Crippen molar-refractivity contribution in [3.05, 3.63) is 28.2 Å². The molecule has 1 unspecified atom stereocenters. The van der Waals surface area contributed by atoms with E-state index in [0.717, 1.165) is 24.5 Å². The maximum absolute atomic E-state index is 4.52. The van der Waals surface area contributed by atoms with Crippen molar-refractivity contribution in [2.24, 2.45) is 7.05 Å². The number of aromatic nitrogens is 4. The molecule has 2 aromatic rings. The van der Waals surface area contributed by atoms with Crippen LogP contribution in [0.4, 0.5) is 0 Å². The van der Waals surface area contributed by atoms with E-state index in [1.54, 1.807) is 17.7 Å². The lowest BCUT2D eigenvalue weighted by Crippen LogP contribution is -2.21. The molecule has 2 aromatic heterocycles. The van der Waals surface area contributed by atoms with Crippen LogP contribution in [0, 0.1) is 0 Å². The summed E-state index contributed by atoms with van der Waals surface area (Å²) in [4.78, 5) is 4.52. The standard InChI is InChI=1S/C11H17N5S/c1-4-10-14-9(6-17-10)5-12-8(2)11-15-13-7-16(11)3/h6-8,12H,4-5H2,1-3H3. The summed E-state index contributed by atoms with van der Waals surface area (Å²) in [5, 5.41) is 14.7. The van der Waals surface area contributed by atoms with Crippen molar-refractivity contribution in [3.63, 3.8) is 0 Å². The molecule has 0 spiro atoms. The fraction of sp³-hybridized carbons (Fsp3) is 0.545. The monoisotopic (exact) mass is 251 g/mol. The highest BCUT2D eigenvalue weighted by atomic mass is 32.1. The molecule has 0 saturated heterocycles. The highest BCUT2D eigenvalue weighted by molar-refractivity contribution is 7.09. The first-order chi connectivity index (χ1) is 8.20. The molecule has 0 aliphatic heterocycles. The van der Waals surface area contributed by atoms with Gasteiger partial charge in [0.15, 0.2) is 0 Å². The number of hydrogen-bond acceptors (Lipinski definition) is 5. The molecule has 0 aliphatic carbocycles. The predicted molar refractivity (Wildman–Crippen MR) is 67.7 cm³/mol. The highest BCUT2D eigenvalue weighted by Gasteiger charge is 2.11. The number of rotatable bonds is 5. The number of nitrogens with one attached hydrogen (secondary N) is 1. The SMILES string of the molecule is CCc1nc(CNC(C)c2nncn2C)cs1. The fourth-order valence-electron chi connectivity index (χ4n) is 1.63. The molecule has 1 N–H and O–H groups in total. The van der Waals surface area contributed by atoms with Crippen LogP contribution in [-0.4, -0.2) is 19.7 Å². The zero-order valence-electron chi connectivity index (χ0n) is 10.3. The third-order valence-electron chi connectivity index (χ3n) is 2.62. The van der Waals surface area contributed by atoms with Gasteiger partial charge >= 0.3 is 0 Å². The molecule has 92 valence electrons. The maximum atomic E-state index is 4.52. The molecule has 0 fully saturated rings. The minimum absolute atomic E-state index is 0.175. The molecule has 0 saturated carbocycles. The lowest BCUT2D eigenvalue weighted by molar-refractivity contribution is 0.524. The van der Waals surface area contributed by atoms with Crippen molar-refractivity contribution in [2.45, 2.75) is 32.9 Å². The van der Waals surface area contributed by atoms with Crippen LogP contribution in [0.5, 0.6) is 0 Å². The van der Waals surface area contributed by atoms with E-state index < -0.39 is 0 Å². The number of aryl methyl sites for hydroxylation is 2. The first kappa shape index (κ1) is 12.2. The van der Waals surface area contributed by atoms with E-state index in [-0.39, 0.29) is 6.04 Å². The zero-order valence-corrected chi connectivity index (χ0v) is 11.2. The van der Waals surface area contributed by atoms with Crippen LogP contribution < -0.4 is 5.32 Å². The van der Waals surface area contributed by atoms with E-state index in [1.807, 2.05) is 11.6 Å². The molecule has 1 atom stereocenters. The molecule has 0 amide bonds. The van der Waals surface area contributed by atoms with E-state index in [2.05, 4.69) is 39.7 Å². The van der Waals surface area contributed by atoms with Crippen LogP contribution in [0.2, 0.25) is 0 Å². The molecular formula is C11H17N5S. The predicted octanol–water partition coefficient (Wildman–Crippen LogP) is 1.68. The van der Waals surface area contributed by atoms with Crippen LogP contribution >= 0.6 is 11.3 Å². The van der Waals surface area contributed by atoms with Gasteiger partial charge in [0.1, 0.15) is 12.2 Å². The Morgan fingerprint density at radius 3 is 2.94 bits per heavy atom. The average Bonchev–Trinajstić information content (AvgIpc) is 2.94. The minimum Gasteiger partial charge on any atom is -0.319 e. The lowest BCUT2D eigenvalue weighted by Gasteiger charge is -2.11. The van der Waals surface area contributed by atoms with E-state index in [0.29, 0.717) is 0 Å². The number of hydrogen-bond donors (Lipinski definition) is 1. The van der Waals surface area contributed by atoms with E-state index in [9.17, 15) is 0 Å². The normalized spacial score (nSPS) is 12.9. The smallest absolute Gasteiger partial charge is 0.149 e. The van der Waals surface area contributed by atoms with E-state index in [1.165, 1.54) is 5.01 Å². The molecule has 2 heterocycles. The second kappa shape index (κ2) is 5.37. The van der Waals surface area contributed by atoms with Crippen molar-refractivity contribution in [3.8, 4) is 0 Å². The Morgan fingerprint density at radius 2 is 2.35 bits per heavy atom. The Bertz CT molecular complexity index is 476. The molecule has 2 rings (SSSR count). The fourth-order valence-corrected chi connectivity index (χ4v) is 2.37. The summed E-state index contributed by atoms with van der Waals surface area (Å²) in [5.74, 6) is 0.941. The summed E-state index contributed by atoms with van der Waals surface area (Å²) in [6.45, 7) is 4.97. The van der Waals surface area contributed by atoms with Crippen molar-refractivity contribution < 1.29 is 0 Å². The van der Waals surface area contributed by atoms with Gasteiger partial charge in [0.05, 0.1) is 16.7 Å². The van der Waals surface area contributed by atoms with Gasteiger partial charge in [-0.25, -0.2) is 4.98 Å². The zero-order chi connectivity index (χ0) is 12.3. The Balaban J connectivity index is 1.92. The van der Waals surface area contributed by atoms with Crippen molar-refractivity contribution in [2.75, 3.05) is 0 Å². The van der Waals surface area contributed by atoms with Crippen LogP contribution in [0.15, 0.2) is 11.7 Å². The van der Waals surface area contributed by atoms with Gasteiger partial charge in [0.25, 0.3) is 0 Å². The van der Waals surface area contributed by atoms with E-state index >= 15 is 0 Å². The van der Waals surface area contributed by atoms with Crippen molar-refractivity contribution in [1.29, 1.82) is 0 Å². The van der Waals surface area contributed by atoms with Gasteiger partial charge in [-0.1, -0.05) is 6.92 Å². The van der Waals surface area contributed by atoms with E-state index in [4.69, 9.17) is 0 Å². The van der Waals surface area contributed by atoms with Gasteiger partial charge in [-0.2, -0.15) is 0 Å². The first-order valence-corrected chi connectivity index (χ1v) is 6.59. The second-order valence-corrected chi connectivity index (χ2v) is 4.93. The molecule has 0 aromatic carbocycles. The number of nitrogens with zero attached hydrogens (tertiary/aromatic N) is 4. The second-order valence-electron chi connectivity index (χ2n) is 3.99. The van der Waals surface area contributed by atoms with Gasteiger partial charge in [-0.3, -0.25) is 0 Å². The van der Waals surface area contributed by atoms with Gasteiger partial charge in [-0.05, 0) is 13.3 Å². The van der Waals surface area contributed by atoms with Crippen molar-refractivity contribution in [1.82, 2.24) is 25.1 Å². The van der Waals surface area contributed by atoms with Gasteiger partial charge in [0.2, 0.25) is 0 Å². The highest BCUT2D eigenvalue weighted by Crippen LogP contribution is 2.12. The molecule has 17 heavy (non-hydrogen) atoms. The summed E-state index contributed by atoms with van der Waals surface area (Å²) < 4.78 is 1.93. The third-order valence-corrected chi connectivity index (χ3v) is 3.67.